The minimum absolute atomic E-state index is 0.0828. The highest BCUT2D eigenvalue weighted by Gasteiger charge is 2.07. The molecule has 0 radical (unpaired) electrons. The first kappa shape index (κ1) is 17.2. The Bertz CT molecular complexity index is 858. The molecule has 1 amide bonds. The van der Waals surface area contributed by atoms with E-state index in [2.05, 4.69) is 20.5 Å². The Balaban J connectivity index is 1.50. The van der Waals surface area contributed by atoms with Gasteiger partial charge in [-0.25, -0.2) is 4.98 Å². The summed E-state index contributed by atoms with van der Waals surface area (Å²) in [6, 6.07) is 15.2. The van der Waals surface area contributed by atoms with Gasteiger partial charge in [-0.05, 0) is 36.8 Å². The molecule has 0 saturated carbocycles. The van der Waals surface area contributed by atoms with Crippen LogP contribution in [-0.2, 0) is 12.8 Å². The van der Waals surface area contributed by atoms with Crippen LogP contribution < -0.4 is 5.32 Å². The molecule has 3 aromatic rings. The van der Waals surface area contributed by atoms with Crippen molar-refractivity contribution in [3.8, 4) is 0 Å². The van der Waals surface area contributed by atoms with Crippen molar-refractivity contribution >= 4 is 17.5 Å². The fraction of sp³-hybridized carbons (Fsp3) is 0.211. The lowest BCUT2D eigenvalue weighted by Gasteiger charge is -2.04. The average Bonchev–Trinajstić information content (AvgIpc) is 3.04. The van der Waals surface area contributed by atoms with Crippen LogP contribution in [0.1, 0.15) is 33.1 Å². The molecule has 3 rings (SSSR count). The van der Waals surface area contributed by atoms with Gasteiger partial charge in [0.05, 0.1) is 0 Å². The first-order valence-electron chi connectivity index (χ1n) is 8.09. The van der Waals surface area contributed by atoms with Crippen molar-refractivity contribution in [3.63, 3.8) is 0 Å². The summed E-state index contributed by atoms with van der Waals surface area (Å²) in [4.78, 5) is 16.6. The van der Waals surface area contributed by atoms with Crippen molar-refractivity contribution in [3.05, 3.63) is 81.9 Å². The number of benzene rings is 2. The fourth-order valence-electron chi connectivity index (χ4n) is 2.50. The van der Waals surface area contributed by atoms with E-state index in [1.54, 1.807) is 6.07 Å². The van der Waals surface area contributed by atoms with Gasteiger partial charge in [0, 0.05) is 30.0 Å². The Hall–Kier alpha value is -2.66. The van der Waals surface area contributed by atoms with Crippen LogP contribution in [0, 0.1) is 6.92 Å². The third-order valence-corrected chi connectivity index (χ3v) is 4.03. The van der Waals surface area contributed by atoms with E-state index in [1.165, 1.54) is 0 Å². The molecule has 1 heterocycles. The maximum absolute atomic E-state index is 12.1. The van der Waals surface area contributed by atoms with Crippen molar-refractivity contribution in [2.24, 2.45) is 0 Å². The number of H-pyrrole nitrogens is 1. The molecule has 0 bridgehead atoms. The summed E-state index contributed by atoms with van der Waals surface area (Å²) in [5, 5.41) is 10.7. The summed E-state index contributed by atoms with van der Waals surface area (Å²) >= 11 is 5.88. The van der Waals surface area contributed by atoms with Gasteiger partial charge in [-0.2, -0.15) is 5.10 Å². The second kappa shape index (κ2) is 7.94. The van der Waals surface area contributed by atoms with Gasteiger partial charge in [-0.15, -0.1) is 0 Å². The number of hydrogen-bond acceptors (Lipinski definition) is 3. The van der Waals surface area contributed by atoms with Crippen molar-refractivity contribution in [2.45, 2.75) is 19.8 Å². The van der Waals surface area contributed by atoms with E-state index in [1.807, 2.05) is 49.4 Å². The lowest BCUT2D eigenvalue weighted by molar-refractivity contribution is 0.0954. The number of carbonyl (C=O) groups excluding carboxylic acids is 1. The highest BCUT2D eigenvalue weighted by molar-refractivity contribution is 6.30. The second-order valence-corrected chi connectivity index (χ2v) is 6.31. The lowest BCUT2D eigenvalue weighted by Crippen LogP contribution is -2.26. The fourth-order valence-corrected chi connectivity index (χ4v) is 2.62. The number of aryl methyl sites for hydroxylation is 1. The smallest absolute Gasteiger partial charge is 0.251 e. The van der Waals surface area contributed by atoms with Crippen molar-refractivity contribution in [1.29, 1.82) is 0 Å². The van der Waals surface area contributed by atoms with Crippen molar-refractivity contribution in [2.75, 3.05) is 6.54 Å². The Morgan fingerprint density at radius 2 is 2.00 bits per heavy atom. The maximum atomic E-state index is 12.1. The number of nitrogens with zero attached hydrogens (tertiary/aromatic N) is 2. The van der Waals surface area contributed by atoms with E-state index in [9.17, 15) is 4.79 Å². The number of nitrogens with one attached hydrogen (secondary N) is 2. The molecule has 128 valence electrons. The van der Waals surface area contributed by atoms with Crippen LogP contribution in [0.5, 0.6) is 0 Å². The summed E-state index contributed by atoms with van der Waals surface area (Å²) in [6.07, 6.45) is 1.24. The zero-order chi connectivity index (χ0) is 17.6. The average molecular weight is 355 g/mol. The van der Waals surface area contributed by atoms with E-state index in [-0.39, 0.29) is 5.91 Å². The standard InChI is InChI=1S/C19H19ClN4O/c1-13-3-2-4-15(11-13)19(25)21-10-9-17-22-18(24-23-17)12-14-5-7-16(20)8-6-14/h2-8,11H,9-10,12H2,1H3,(H,21,25)(H,22,23,24). The molecule has 0 saturated heterocycles. The summed E-state index contributed by atoms with van der Waals surface area (Å²) in [6.45, 7) is 2.46. The summed E-state index contributed by atoms with van der Waals surface area (Å²) < 4.78 is 0. The molecular formula is C19H19ClN4O. The SMILES string of the molecule is Cc1cccc(C(=O)NCCc2n[nH]c(Cc3ccc(Cl)cc3)n2)c1. The quantitative estimate of drug-likeness (QED) is 0.713. The molecule has 0 unspecified atom stereocenters. The van der Waals surface area contributed by atoms with Crippen LogP contribution in [0.4, 0.5) is 0 Å². The third kappa shape index (κ3) is 4.90. The van der Waals surface area contributed by atoms with Crippen LogP contribution in [0.25, 0.3) is 0 Å². The second-order valence-electron chi connectivity index (χ2n) is 5.88. The molecule has 0 aliphatic rings. The molecule has 6 heteroatoms. The Labute approximate surface area is 151 Å². The van der Waals surface area contributed by atoms with Gasteiger partial charge in [0.25, 0.3) is 5.91 Å². The summed E-state index contributed by atoms with van der Waals surface area (Å²) in [5.74, 6) is 1.40. The molecule has 1 aromatic heterocycles. The maximum Gasteiger partial charge on any atom is 0.251 e. The monoisotopic (exact) mass is 354 g/mol. The van der Waals surface area contributed by atoms with Crippen molar-refractivity contribution in [1.82, 2.24) is 20.5 Å². The molecule has 2 N–H and O–H groups in total. The normalized spacial score (nSPS) is 10.6. The molecule has 0 aliphatic heterocycles. The number of carbonyl (C=O) groups is 1. The highest BCUT2D eigenvalue weighted by atomic mass is 35.5. The molecule has 0 atom stereocenters. The summed E-state index contributed by atoms with van der Waals surface area (Å²) in [7, 11) is 0. The first-order valence-corrected chi connectivity index (χ1v) is 8.47. The van der Waals surface area contributed by atoms with E-state index >= 15 is 0 Å². The Morgan fingerprint density at radius 1 is 1.20 bits per heavy atom. The molecule has 0 spiro atoms. The van der Waals surface area contributed by atoms with Gasteiger partial charge in [-0.3, -0.25) is 9.89 Å². The molecule has 2 aromatic carbocycles. The minimum Gasteiger partial charge on any atom is -0.352 e. The van der Waals surface area contributed by atoms with Gasteiger partial charge in [0.15, 0.2) is 5.82 Å². The molecule has 5 nitrogen and oxygen atoms in total. The number of halogens is 1. The molecule has 25 heavy (non-hydrogen) atoms. The van der Waals surface area contributed by atoms with E-state index in [4.69, 9.17) is 11.6 Å². The van der Waals surface area contributed by atoms with Gasteiger partial charge >= 0.3 is 0 Å². The van der Waals surface area contributed by atoms with Crippen LogP contribution in [-0.4, -0.2) is 27.6 Å². The predicted octanol–water partition coefficient (Wildman–Crippen LogP) is 3.33. The topological polar surface area (TPSA) is 70.7 Å². The summed E-state index contributed by atoms with van der Waals surface area (Å²) in [5.41, 5.74) is 2.84. The zero-order valence-corrected chi connectivity index (χ0v) is 14.7. The van der Waals surface area contributed by atoms with Gasteiger partial charge in [-0.1, -0.05) is 41.4 Å². The Kier molecular flexibility index (Phi) is 5.46. The van der Waals surface area contributed by atoms with Crippen LogP contribution in [0.2, 0.25) is 5.02 Å². The van der Waals surface area contributed by atoms with Gasteiger partial charge in [0.1, 0.15) is 5.82 Å². The van der Waals surface area contributed by atoms with Crippen molar-refractivity contribution < 1.29 is 4.79 Å². The van der Waals surface area contributed by atoms with Gasteiger partial charge < -0.3 is 5.32 Å². The van der Waals surface area contributed by atoms with E-state index in [0.29, 0.717) is 35.8 Å². The van der Waals surface area contributed by atoms with Gasteiger partial charge in [0.2, 0.25) is 0 Å². The third-order valence-electron chi connectivity index (χ3n) is 3.78. The Morgan fingerprint density at radius 3 is 2.76 bits per heavy atom. The number of amides is 1. The molecule has 0 fully saturated rings. The van der Waals surface area contributed by atoms with Crippen LogP contribution in [0.3, 0.4) is 0 Å². The van der Waals surface area contributed by atoms with Crippen LogP contribution in [0.15, 0.2) is 48.5 Å². The number of aromatic nitrogens is 3. The number of aromatic amines is 1. The predicted molar refractivity (Wildman–Crippen MR) is 97.9 cm³/mol. The van der Waals surface area contributed by atoms with Crippen LogP contribution >= 0.6 is 11.6 Å². The molecular weight excluding hydrogens is 336 g/mol. The molecule has 0 aliphatic carbocycles. The largest absolute Gasteiger partial charge is 0.352 e. The number of hydrogen-bond donors (Lipinski definition) is 2. The van der Waals surface area contributed by atoms with E-state index in [0.717, 1.165) is 17.0 Å². The van der Waals surface area contributed by atoms with E-state index < -0.39 is 0 Å². The zero-order valence-electron chi connectivity index (χ0n) is 13.9. The number of rotatable bonds is 6. The highest BCUT2D eigenvalue weighted by Crippen LogP contribution is 2.12. The lowest BCUT2D eigenvalue weighted by atomic mass is 10.1. The minimum atomic E-state index is -0.0828. The first-order chi connectivity index (χ1) is 12.1.